The van der Waals surface area contributed by atoms with Crippen LogP contribution in [0.25, 0.3) is 0 Å². The summed E-state index contributed by atoms with van der Waals surface area (Å²) >= 11 is 0.976. The number of rotatable bonds is 2. The van der Waals surface area contributed by atoms with Crippen LogP contribution in [0.5, 0.6) is 0 Å². The molecule has 0 saturated carbocycles. The molecule has 0 fully saturated rings. The summed E-state index contributed by atoms with van der Waals surface area (Å²) < 4.78 is 0. The average Bonchev–Trinajstić information content (AvgIpc) is 2.08. The van der Waals surface area contributed by atoms with E-state index in [1.54, 1.807) is 19.1 Å². The van der Waals surface area contributed by atoms with Crippen molar-refractivity contribution < 1.29 is 9.90 Å². The molecule has 66 valence electrons. The first kappa shape index (κ1) is 9.62. The number of nitrogens with zero attached hydrogens (tertiary/aromatic N) is 1. The molecular weight excluding hydrogens is 186 g/mol. The molecule has 0 spiro atoms. The van der Waals surface area contributed by atoms with E-state index < -0.39 is 5.97 Å². The first-order valence-corrected chi connectivity index (χ1v) is 4.37. The minimum atomic E-state index is -0.960. The summed E-state index contributed by atoms with van der Waals surface area (Å²) in [6.45, 7) is 1.70. The third-order valence-corrected chi connectivity index (χ3v) is 2.42. The topological polar surface area (TPSA) is 61.1 Å². The Morgan fingerprint density at radius 2 is 2.31 bits per heavy atom. The van der Waals surface area contributed by atoms with E-state index in [0.717, 1.165) is 11.8 Å². The van der Waals surface area contributed by atoms with Gasteiger partial charge in [-0.2, -0.15) is 5.26 Å². The first-order valence-electron chi connectivity index (χ1n) is 3.55. The molecule has 3 nitrogen and oxygen atoms in total. The molecule has 4 heteroatoms. The zero-order valence-corrected chi connectivity index (χ0v) is 7.76. The van der Waals surface area contributed by atoms with Crippen LogP contribution in [0.2, 0.25) is 0 Å². The number of carbonyl (C=O) groups is 1. The number of thiocyanates is 1. The molecule has 0 heterocycles. The van der Waals surface area contributed by atoms with Crippen molar-refractivity contribution in [1.82, 2.24) is 0 Å². The number of aromatic carboxylic acids is 1. The van der Waals surface area contributed by atoms with Gasteiger partial charge in [0.1, 0.15) is 5.40 Å². The number of carboxylic acid groups (broad SMARTS) is 1. The van der Waals surface area contributed by atoms with E-state index >= 15 is 0 Å². The first-order chi connectivity index (χ1) is 6.16. The van der Waals surface area contributed by atoms with E-state index in [1.807, 2.05) is 5.40 Å². The van der Waals surface area contributed by atoms with Crippen molar-refractivity contribution in [3.63, 3.8) is 0 Å². The maximum Gasteiger partial charge on any atom is 0.335 e. The molecule has 0 aliphatic rings. The van der Waals surface area contributed by atoms with Gasteiger partial charge in [0.25, 0.3) is 0 Å². The molecule has 1 N–H and O–H groups in total. The van der Waals surface area contributed by atoms with Gasteiger partial charge in [-0.05, 0) is 36.4 Å². The molecule has 0 aromatic heterocycles. The van der Waals surface area contributed by atoms with Gasteiger partial charge in [-0.15, -0.1) is 0 Å². The smallest absolute Gasteiger partial charge is 0.335 e. The fraction of sp³-hybridized carbons (Fsp3) is 0.111. The summed E-state index contributed by atoms with van der Waals surface area (Å²) in [6.07, 6.45) is 0. The molecule has 0 unspecified atom stereocenters. The Labute approximate surface area is 80.0 Å². The van der Waals surface area contributed by atoms with Crippen molar-refractivity contribution in [2.75, 3.05) is 0 Å². The number of benzene rings is 1. The standard InChI is InChI=1S/C9H7NO2S/c1-6-7(9(11)12)3-2-4-8(6)13-5-10/h2-4H,1H3,(H,11,12). The predicted molar refractivity (Wildman–Crippen MR) is 49.6 cm³/mol. The Hall–Kier alpha value is -1.47. The zero-order chi connectivity index (χ0) is 9.84. The summed E-state index contributed by atoms with van der Waals surface area (Å²) in [5.41, 5.74) is 0.891. The molecule has 0 aliphatic heterocycles. The molecule has 13 heavy (non-hydrogen) atoms. The number of nitriles is 1. The van der Waals surface area contributed by atoms with Gasteiger partial charge in [0.2, 0.25) is 0 Å². The number of thioether (sulfide) groups is 1. The van der Waals surface area contributed by atoms with Gasteiger partial charge >= 0.3 is 5.97 Å². The highest BCUT2D eigenvalue weighted by Gasteiger charge is 2.09. The van der Waals surface area contributed by atoms with Gasteiger partial charge in [0, 0.05) is 4.90 Å². The molecule has 1 rings (SSSR count). The van der Waals surface area contributed by atoms with Crippen LogP contribution in [0.15, 0.2) is 23.1 Å². The van der Waals surface area contributed by atoms with E-state index in [9.17, 15) is 4.79 Å². The molecule has 0 bridgehead atoms. The molecule has 0 aliphatic carbocycles. The van der Waals surface area contributed by atoms with E-state index in [-0.39, 0.29) is 5.56 Å². The third-order valence-electron chi connectivity index (χ3n) is 1.67. The molecule has 0 radical (unpaired) electrons. The van der Waals surface area contributed by atoms with Crippen LogP contribution in [-0.2, 0) is 0 Å². The lowest BCUT2D eigenvalue weighted by molar-refractivity contribution is 0.0696. The molecule has 0 amide bonds. The number of carboxylic acids is 1. The van der Waals surface area contributed by atoms with Gasteiger partial charge < -0.3 is 5.11 Å². The minimum Gasteiger partial charge on any atom is -0.478 e. The second kappa shape index (κ2) is 3.97. The van der Waals surface area contributed by atoms with Crippen molar-refractivity contribution in [3.8, 4) is 5.40 Å². The molecule has 0 saturated heterocycles. The number of hydrogen-bond donors (Lipinski definition) is 1. The summed E-state index contributed by atoms with van der Waals surface area (Å²) in [5, 5.41) is 19.1. The van der Waals surface area contributed by atoms with Crippen LogP contribution in [-0.4, -0.2) is 11.1 Å². The largest absolute Gasteiger partial charge is 0.478 e. The average molecular weight is 193 g/mol. The van der Waals surface area contributed by atoms with E-state index in [1.165, 1.54) is 6.07 Å². The highest BCUT2D eigenvalue weighted by atomic mass is 32.2. The van der Waals surface area contributed by atoms with Crippen LogP contribution in [0.3, 0.4) is 0 Å². The molecule has 0 atom stereocenters. The minimum absolute atomic E-state index is 0.250. The normalized spacial score (nSPS) is 9.23. The van der Waals surface area contributed by atoms with E-state index in [0.29, 0.717) is 10.5 Å². The predicted octanol–water partition coefficient (Wildman–Crippen LogP) is 2.27. The lowest BCUT2D eigenvalue weighted by atomic mass is 10.1. The summed E-state index contributed by atoms with van der Waals surface area (Å²) in [7, 11) is 0. The van der Waals surface area contributed by atoms with Crippen LogP contribution in [0.4, 0.5) is 0 Å². The Kier molecular flexibility index (Phi) is 2.93. The van der Waals surface area contributed by atoms with Crippen LogP contribution < -0.4 is 0 Å². The zero-order valence-electron chi connectivity index (χ0n) is 6.94. The van der Waals surface area contributed by atoms with Crippen molar-refractivity contribution >= 4 is 17.7 Å². The SMILES string of the molecule is Cc1c(SC#N)cccc1C(=O)O. The van der Waals surface area contributed by atoms with Gasteiger partial charge in [0.05, 0.1) is 5.56 Å². The van der Waals surface area contributed by atoms with Gasteiger partial charge in [-0.3, -0.25) is 0 Å². The quantitative estimate of drug-likeness (QED) is 0.578. The Balaban J connectivity index is 3.20. The van der Waals surface area contributed by atoms with Crippen molar-refractivity contribution in [1.29, 1.82) is 5.26 Å². The summed E-state index contributed by atoms with van der Waals surface area (Å²) in [5.74, 6) is -0.960. The van der Waals surface area contributed by atoms with Gasteiger partial charge in [-0.1, -0.05) is 6.07 Å². The fourth-order valence-corrected chi connectivity index (χ4v) is 1.51. The molecule has 1 aromatic carbocycles. The van der Waals surface area contributed by atoms with Crippen molar-refractivity contribution in [3.05, 3.63) is 29.3 Å². The Bertz CT molecular complexity index is 382. The van der Waals surface area contributed by atoms with Gasteiger partial charge in [0.15, 0.2) is 0 Å². The Morgan fingerprint density at radius 3 is 2.85 bits per heavy atom. The lowest BCUT2D eigenvalue weighted by Crippen LogP contribution is -1.99. The summed E-state index contributed by atoms with van der Waals surface area (Å²) in [4.78, 5) is 11.4. The maximum absolute atomic E-state index is 10.7. The molecular formula is C9H7NO2S. The van der Waals surface area contributed by atoms with Crippen molar-refractivity contribution in [2.24, 2.45) is 0 Å². The maximum atomic E-state index is 10.7. The fourth-order valence-electron chi connectivity index (χ4n) is 1.01. The Morgan fingerprint density at radius 1 is 1.62 bits per heavy atom. The number of hydrogen-bond acceptors (Lipinski definition) is 3. The second-order valence-corrected chi connectivity index (χ2v) is 3.25. The second-order valence-electron chi connectivity index (χ2n) is 2.43. The lowest BCUT2D eigenvalue weighted by Gasteiger charge is -2.03. The molecule has 1 aromatic rings. The van der Waals surface area contributed by atoms with Crippen molar-refractivity contribution in [2.45, 2.75) is 11.8 Å². The van der Waals surface area contributed by atoms with Crippen LogP contribution in [0, 0.1) is 17.6 Å². The third kappa shape index (κ3) is 2.01. The monoisotopic (exact) mass is 193 g/mol. The highest BCUT2D eigenvalue weighted by Crippen LogP contribution is 2.23. The van der Waals surface area contributed by atoms with Gasteiger partial charge in [-0.25, -0.2) is 4.79 Å². The van der Waals surface area contributed by atoms with Crippen LogP contribution >= 0.6 is 11.8 Å². The van der Waals surface area contributed by atoms with E-state index in [2.05, 4.69) is 0 Å². The highest BCUT2D eigenvalue weighted by molar-refractivity contribution is 8.03. The van der Waals surface area contributed by atoms with E-state index in [4.69, 9.17) is 10.4 Å². The summed E-state index contributed by atoms with van der Waals surface area (Å²) in [6, 6.07) is 4.89. The van der Waals surface area contributed by atoms with Crippen LogP contribution in [0.1, 0.15) is 15.9 Å².